The fraction of sp³-hybridized carbons (Fsp3) is 0.640. The summed E-state index contributed by atoms with van der Waals surface area (Å²) in [7, 11) is 0. The number of Topliss-reactive ketones (excluding diaryl/α,β-unsaturated/α-hetero) is 1. The van der Waals surface area contributed by atoms with E-state index in [1.165, 1.54) is 43.2 Å². The van der Waals surface area contributed by atoms with Gasteiger partial charge < -0.3 is 0 Å². The van der Waals surface area contributed by atoms with Gasteiger partial charge in [0.1, 0.15) is 5.78 Å². The Labute approximate surface area is 161 Å². The van der Waals surface area contributed by atoms with E-state index < -0.39 is 0 Å². The van der Waals surface area contributed by atoms with Crippen molar-refractivity contribution in [2.24, 2.45) is 17.3 Å². The number of aryl methyl sites for hydroxylation is 1. The number of benzene rings is 1. The zero-order valence-corrected chi connectivity index (χ0v) is 17.6. The maximum Gasteiger partial charge on any atom is 0.138 e. The molecule has 0 saturated heterocycles. The van der Waals surface area contributed by atoms with Crippen molar-refractivity contribution in [3.63, 3.8) is 0 Å². The fourth-order valence-corrected chi connectivity index (χ4v) is 4.01. The van der Waals surface area contributed by atoms with E-state index in [2.05, 4.69) is 44.2 Å². The van der Waals surface area contributed by atoms with Crippen molar-refractivity contribution in [2.75, 3.05) is 0 Å². The van der Waals surface area contributed by atoms with E-state index in [-0.39, 0.29) is 5.41 Å². The molecule has 1 unspecified atom stereocenters. The highest BCUT2D eigenvalue weighted by molar-refractivity contribution is 5.83. The second-order valence-corrected chi connectivity index (χ2v) is 9.36. The van der Waals surface area contributed by atoms with Crippen LogP contribution >= 0.6 is 0 Å². The summed E-state index contributed by atoms with van der Waals surface area (Å²) in [4.78, 5) is 12.2. The molecule has 1 heteroatoms. The van der Waals surface area contributed by atoms with E-state index in [4.69, 9.17) is 0 Å². The minimum Gasteiger partial charge on any atom is -0.299 e. The first-order chi connectivity index (χ1) is 12.3. The number of carbonyl (C=O) groups is 1. The molecule has 0 heterocycles. The molecule has 144 valence electrons. The van der Waals surface area contributed by atoms with Gasteiger partial charge in [-0.05, 0) is 61.1 Å². The zero-order chi connectivity index (χ0) is 19.2. The predicted molar refractivity (Wildman–Crippen MR) is 113 cm³/mol. The van der Waals surface area contributed by atoms with Crippen LogP contribution in [-0.2, 0) is 4.79 Å². The average molecular weight is 355 g/mol. The molecular formula is C25H38O. The number of allylic oxidation sites excluding steroid dienone is 2. The lowest BCUT2D eigenvalue weighted by atomic mass is 9.79. The largest absolute Gasteiger partial charge is 0.299 e. The number of hydrogen-bond acceptors (Lipinski definition) is 1. The van der Waals surface area contributed by atoms with Gasteiger partial charge in [-0.3, -0.25) is 4.79 Å². The Balaban J connectivity index is 2.07. The van der Waals surface area contributed by atoms with Crippen LogP contribution in [0.25, 0.3) is 5.57 Å². The zero-order valence-electron chi connectivity index (χ0n) is 17.6. The first kappa shape index (κ1) is 20.9. The average Bonchev–Trinajstić information content (AvgIpc) is 2.61. The molecule has 1 fully saturated rings. The van der Waals surface area contributed by atoms with Crippen LogP contribution in [0.5, 0.6) is 0 Å². The summed E-state index contributed by atoms with van der Waals surface area (Å²) >= 11 is 0. The van der Waals surface area contributed by atoms with Crippen molar-refractivity contribution in [3.05, 3.63) is 41.5 Å². The van der Waals surface area contributed by atoms with Gasteiger partial charge in [-0.15, -0.1) is 0 Å². The molecule has 0 bridgehead atoms. The van der Waals surface area contributed by atoms with E-state index in [9.17, 15) is 4.79 Å². The van der Waals surface area contributed by atoms with Crippen LogP contribution in [0.1, 0.15) is 90.2 Å². The summed E-state index contributed by atoms with van der Waals surface area (Å²) in [5.41, 5.74) is 4.19. The monoisotopic (exact) mass is 354 g/mol. The smallest absolute Gasteiger partial charge is 0.138 e. The van der Waals surface area contributed by atoms with Crippen molar-refractivity contribution < 1.29 is 4.79 Å². The number of hydrogen-bond donors (Lipinski definition) is 0. The van der Waals surface area contributed by atoms with Gasteiger partial charge in [0.25, 0.3) is 0 Å². The van der Waals surface area contributed by atoms with Gasteiger partial charge in [0.2, 0.25) is 0 Å². The lowest BCUT2D eigenvalue weighted by Crippen LogP contribution is -2.20. The summed E-state index contributed by atoms with van der Waals surface area (Å²) in [5, 5.41) is 0. The maximum absolute atomic E-state index is 12.2. The number of ketones is 1. The van der Waals surface area contributed by atoms with Gasteiger partial charge in [0.05, 0.1) is 0 Å². The number of carbonyl (C=O) groups excluding carboxylic acids is 1. The molecule has 1 atom stereocenters. The molecule has 1 nitrogen and oxygen atoms in total. The topological polar surface area (TPSA) is 17.1 Å². The summed E-state index contributed by atoms with van der Waals surface area (Å²) in [6.45, 7) is 10.6. The molecule has 0 amide bonds. The Morgan fingerprint density at radius 2 is 1.81 bits per heavy atom. The third-order valence-electron chi connectivity index (χ3n) is 5.94. The molecule has 0 spiro atoms. The molecule has 2 rings (SSSR count). The second kappa shape index (κ2) is 9.53. The summed E-state index contributed by atoms with van der Waals surface area (Å²) in [6, 6.07) is 8.84. The van der Waals surface area contributed by atoms with Gasteiger partial charge >= 0.3 is 0 Å². The molecule has 1 aromatic carbocycles. The second-order valence-electron chi connectivity index (χ2n) is 9.36. The minimum atomic E-state index is -0.204. The Hall–Kier alpha value is -1.37. The maximum atomic E-state index is 12.2. The molecule has 1 aromatic rings. The van der Waals surface area contributed by atoms with E-state index >= 15 is 0 Å². The van der Waals surface area contributed by atoms with Crippen molar-refractivity contribution in [2.45, 2.75) is 86.0 Å². The standard InChI is InChI=1S/C25H38O/c1-19(16-18-24(26)25(3,4)5)15-17-23(21-12-7-6-8-13-21)22-14-10-9-11-20(22)2/h9-11,14,17,19,21H,6-8,12-13,15-16,18H2,1-5H3/b23-17-. The first-order valence-corrected chi connectivity index (χ1v) is 10.6. The minimum absolute atomic E-state index is 0.204. The molecule has 0 radical (unpaired) electrons. The molecule has 0 aliphatic heterocycles. The quantitative estimate of drug-likeness (QED) is 0.499. The van der Waals surface area contributed by atoms with Crippen LogP contribution in [0.2, 0.25) is 0 Å². The van der Waals surface area contributed by atoms with Crippen LogP contribution < -0.4 is 0 Å². The molecule has 0 aromatic heterocycles. The SMILES string of the molecule is Cc1ccccc1/C(=C\CC(C)CCC(=O)C(C)(C)C)C1CCCCC1. The highest BCUT2D eigenvalue weighted by Crippen LogP contribution is 2.37. The Morgan fingerprint density at radius 1 is 1.15 bits per heavy atom. The van der Waals surface area contributed by atoms with Crippen LogP contribution in [0.15, 0.2) is 30.3 Å². The Bertz CT molecular complexity index is 611. The van der Waals surface area contributed by atoms with Crippen LogP contribution in [0.4, 0.5) is 0 Å². The third kappa shape index (κ3) is 6.11. The fourth-order valence-electron chi connectivity index (χ4n) is 4.01. The van der Waals surface area contributed by atoms with E-state index in [1.807, 2.05) is 20.8 Å². The van der Waals surface area contributed by atoms with Crippen LogP contribution in [-0.4, -0.2) is 5.78 Å². The van der Waals surface area contributed by atoms with Crippen LogP contribution in [0, 0.1) is 24.2 Å². The van der Waals surface area contributed by atoms with E-state index in [0.29, 0.717) is 24.0 Å². The molecule has 1 aliphatic rings. The van der Waals surface area contributed by atoms with Crippen molar-refractivity contribution in [1.82, 2.24) is 0 Å². The van der Waals surface area contributed by atoms with Gasteiger partial charge in [0, 0.05) is 11.8 Å². The summed E-state index contributed by atoms with van der Waals surface area (Å²) in [5.74, 6) is 1.66. The van der Waals surface area contributed by atoms with Gasteiger partial charge in [-0.2, -0.15) is 0 Å². The Kier molecular flexibility index (Phi) is 7.68. The van der Waals surface area contributed by atoms with Gasteiger partial charge in [-0.25, -0.2) is 0 Å². The van der Waals surface area contributed by atoms with Crippen molar-refractivity contribution in [3.8, 4) is 0 Å². The van der Waals surface area contributed by atoms with Gasteiger partial charge in [0.15, 0.2) is 0 Å². The lowest BCUT2D eigenvalue weighted by molar-refractivity contribution is -0.126. The number of rotatable bonds is 7. The molecule has 0 N–H and O–H groups in total. The lowest BCUT2D eigenvalue weighted by Gasteiger charge is -2.26. The van der Waals surface area contributed by atoms with Crippen LogP contribution in [0.3, 0.4) is 0 Å². The predicted octanol–water partition coefficient (Wildman–Crippen LogP) is 7.38. The van der Waals surface area contributed by atoms with E-state index in [1.54, 1.807) is 5.57 Å². The highest BCUT2D eigenvalue weighted by atomic mass is 16.1. The highest BCUT2D eigenvalue weighted by Gasteiger charge is 2.22. The molecular weight excluding hydrogens is 316 g/mol. The van der Waals surface area contributed by atoms with Crippen molar-refractivity contribution >= 4 is 11.4 Å². The molecule has 1 aliphatic carbocycles. The van der Waals surface area contributed by atoms with E-state index in [0.717, 1.165) is 12.8 Å². The molecule has 1 saturated carbocycles. The van der Waals surface area contributed by atoms with Gasteiger partial charge in [-0.1, -0.05) is 77.3 Å². The Morgan fingerprint density at radius 3 is 2.42 bits per heavy atom. The summed E-state index contributed by atoms with van der Waals surface area (Å²) in [6.07, 6.45) is 12.1. The summed E-state index contributed by atoms with van der Waals surface area (Å²) < 4.78 is 0. The first-order valence-electron chi connectivity index (χ1n) is 10.6. The normalized spacial score (nSPS) is 18.0. The molecule has 26 heavy (non-hydrogen) atoms. The van der Waals surface area contributed by atoms with Crippen molar-refractivity contribution in [1.29, 1.82) is 0 Å². The third-order valence-corrected chi connectivity index (χ3v) is 5.94.